The molecule has 1 unspecified atom stereocenters. The Bertz CT molecular complexity index is 889. The molecule has 1 saturated carbocycles. The van der Waals surface area contributed by atoms with Crippen molar-refractivity contribution >= 4 is 29.9 Å². The van der Waals surface area contributed by atoms with Crippen molar-refractivity contribution in [3.05, 3.63) is 65.7 Å². The van der Waals surface area contributed by atoms with Gasteiger partial charge in [0.25, 0.3) is 5.91 Å². The van der Waals surface area contributed by atoms with Crippen LogP contribution in [0.4, 0.5) is 5.69 Å². The zero-order chi connectivity index (χ0) is 20.3. The molecule has 30 heavy (non-hydrogen) atoms. The maximum atomic E-state index is 13.2. The molecule has 3 atom stereocenters. The van der Waals surface area contributed by atoms with Crippen LogP contribution in [0.5, 0.6) is 0 Å². The third-order valence-electron chi connectivity index (χ3n) is 6.52. The first-order chi connectivity index (χ1) is 14.1. The highest BCUT2D eigenvalue weighted by molar-refractivity contribution is 6.04. The summed E-state index contributed by atoms with van der Waals surface area (Å²) in [6.45, 7) is 3.74. The van der Waals surface area contributed by atoms with E-state index in [1.165, 1.54) is 6.42 Å². The first-order valence-electron chi connectivity index (χ1n) is 10.6. The number of rotatable bonds is 5. The van der Waals surface area contributed by atoms with E-state index in [1.54, 1.807) is 12.1 Å². The molecule has 1 heterocycles. The van der Waals surface area contributed by atoms with E-state index in [0.29, 0.717) is 11.5 Å². The molecule has 0 bridgehead atoms. The van der Waals surface area contributed by atoms with E-state index in [0.717, 1.165) is 43.6 Å². The monoisotopic (exact) mass is 427 g/mol. The first-order valence-corrected chi connectivity index (χ1v) is 10.6. The van der Waals surface area contributed by atoms with Crippen molar-refractivity contribution in [2.24, 2.45) is 11.3 Å². The molecule has 1 saturated heterocycles. The number of amides is 2. The highest BCUT2D eigenvalue weighted by Crippen LogP contribution is 2.44. The maximum Gasteiger partial charge on any atom is 0.255 e. The van der Waals surface area contributed by atoms with Crippen LogP contribution in [-0.4, -0.2) is 24.9 Å². The second kappa shape index (κ2) is 9.63. The molecule has 4 rings (SSSR count). The lowest BCUT2D eigenvalue weighted by Gasteiger charge is -2.38. The second-order valence-corrected chi connectivity index (χ2v) is 8.37. The fourth-order valence-electron chi connectivity index (χ4n) is 4.79. The van der Waals surface area contributed by atoms with Gasteiger partial charge < -0.3 is 16.0 Å². The maximum absolute atomic E-state index is 13.2. The Morgan fingerprint density at radius 2 is 1.90 bits per heavy atom. The lowest BCUT2D eigenvalue weighted by atomic mass is 9.67. The van der Waals surface area contributed by atoms with Crippen LogP contribution in [0.3, 0.4) is 0 Å². The predicted molar refractivity (Wildman–Crippen MR) is 122 cm³/mol. The van der Waals surface area contributed by atoms with Crippen LogP contribution in [-0.2, 0) is 4.79 Å². The minimum Gasteiger partial charge on any atom is -0.349 e. The van der Waals surface area contributed by atoms with Crippen LogP contribution >= 0.6 is 12.4 Å². The molecule has 2 aromatic rings. The van der Waals surface area contributed by atoms with Crippen LogP contribution in [0, 0.1) is 11.3 Å². The lowest BCUT2D eigenvalue weighted by Crippen LogP contribution is -2.48. The highest BCUT2D eigenvalue weighted by Gasteiger charge is 2.49. The molecule has 2 aromatic carbocycles. The molecule has 0 spiro atoms. The van der Waals surface area contributed by atoms with Crippen molar-refractivity contribution in [2.45, 2.75) is 38.6 Å². The number of nitrogens with one attached hydrogen (secondary N) is 3. The summed E-state index contributed by atoms with van der Waals surface area (Å²) in [5, 5.41) is 9.63. The van der Waals surface area contributed by atoms with Crippen LogP contribution in [0.1, 0.15) is 54.6 Å². The van der Waals surface area contributed by atoms with Gasteiger partial charge in [-0.3, -0.25) is 9.59 Å². The molecule has 1 aliphatic carbocycles. The SMILES string of the molecule is CC(NC(=O)[C@@]12CCCC[C@H]1CNC2)c1cccc(NC(=O)c2ccccc2)c1.Cl. The fourth-order valence-corrected chi connectivity index (χ4v) is 4.79. The van der Waals surface area contributed by atoms with E-state index in [9.17, 15) is 9.59 Å². The van der Waals surface area contributed by atoms with Gasteiger partial charge in [-0.05, 0) is 62.1 Å². The van der Waals surface area contributed by atoms with Gasteiger partial charge >= 0.3 is 0 Å². The molecule has 160 valence electrons. The summed E-state index contributed by atoms with van der Waals surface area (Å²) < 4.78 is 0. The number of halogens is 1. The summed E-state index contributed by atoms with van der Waals surface area (Å²) in [5.41, 5.74) is 2.08. The van der Waals surface area contributed by atoms with E-state index in [4.69, 9.17) is 0 Å². The summed E-state index contributed by atoms with van der Waals surface area (Å²) in [6, 6.07) is 16.8. The number of benzene rings is 2. The van der Waals surface area contributed by atoms with Crippen molar-refractivity contribution in [3.63, 3.8) is 0 Å². The lowest BCUT2D eigenvalue weighted by molar-refractivity contribution is -0.134. The van der Waals surface area contributed by atoms with Gasteiger partial charge in [-0.1, -0.05) is 43.2 Å². The Labute approximate surface area is 184 Å². The molecule has 2 aliphatic rings. The highest BCUT2D eigenvalue weighted by atomic mass is 35.5. The van der Waals surface area contributed by atoms with Gasteiger partial charge in [0.1, 0.15) is 0 Å². The molecule has 1 aliphatic heterocycles. The Balaban J connectivity index is 0.00000256. The van der Waals surface area contributed by atoms with Gasteiger partial charge in [0.05, 0.1) is 11.5 Å². The van der Waals surface area contributed by atoms with Crippen LogP contribution < -0.4 is 16.0 Å². The molecule has 2 fully saturated rings. The largest absolute Gasteiger partial charge is 0.349 e. The van der Waals surface area contributed by atoms with Crippen LogP contribution in [0.25, 0.3) is 0 Å². The van der Waals surface area contributed by atoms with Gasteiger partial charge in [0, 0.05) is 17.8 Å². The average Bonchev–Trinajstić information content (AvgIpc) is 3.20. The Morgan fingerprint density at radius 1 is 1.10 bits per heavy atom. The van der Waals surface area contributed by atoms with E-state index in [2.05, 4.69) is 16.0 Å². The molecule has 0 radical (unpaired) electrons. The number of carbonyl (C=O) groups excluding carboxylic acids is 2. The number of hydrogen-bond acceptors (Lipinski definition) is 3. The third kappa shape index (κ3) is 4.52. The zero-order valence-corrected chi connectivity index (χ0v) is 18.1. The normalized spacial score (nSPS) is 23.6. The number of hydrogen-bond donors (Lipinski definition) is 3. The summed E-state index contributed by atoms with van der Waals surface area (Å²) in [4.78, 5) is 25.6. The minimum atomic E-state index is -0.258. The Hall–Kier alpha value is -2.37. The van der Waals surface area contributed by atoms with E-state index in [-0.39, 0.29) is 35.7 Å². The third-order valence-corrected chi connectivity index (χ3v) is 6.52. The summed E-state index contributed by atoms with van der Waals surface area (Å²) in [5.74, 6) is 0.471. The van der Waals surface area contributed by atoms with E-state index >= 15 is 0 Å². The first kappa shape index (κ1) is 22.3. The summed E-state index contributed by atoms with van der Waals surface area (Å²) in [6.07, 6.45) is 4.45. The Kier molecular flexibility index (Phi) is 7.16. The molecular weight excluding hydrogens is 398 g/mol. The van der Waals surface area contributed by atoms with Crippen molar-refractivity contribution in [3.8, 4) is 0 Å². The van der Waals surface area contributed by atoms with Gasteiger partial charge in [-0.25, -0.2) is 0 Å². The molecule has 2 amide bonds. The topological polar surface area (TPSA) is 70.2 Å². The average molecular weight is 428 g/mol. The number of fused-ring (bicyclic) bond motifs is 1. The smallest absolute Gasteiger partial charge is 0.255 e. The fraction of sp³-hybridized carbons (Fsp3) is 0.417. The molecule has 6 heteroatoms. The number of carbonyl (C=O) groups is 2. The molecule has 0 aromatic heterocycles. The van der Waals surface area contributed by atoms with E-state index < -0.39 is 0 Å². The van der Waals surface area contributed by atoms with Crippen molar-refractivity contribution in [1.29, 1.82) is 0 Å². The van der Waals surface area contributed by atoms with Crippen molar-refractivity contribution < 1.29 is 9.59 Å². The van der Waals surface area contributed by atoms with Crippen molar-refractivity contribution in [2.75, 3.05) is 18.4 Å². The summed E-state index contributed by atoms with van der Waals surface area (Å²) in [7, 11) is 0. The molecule has 3 N–H and O–H groups in total. The van der Waals surface area contributed by atoms with Gasteiger partial charge in [-0.15, -0.1) is 12.4 Å². The molecule has 5 nitrogen and oxygen atoms in total. The number of anilines is 1. The van der Waals surface area contributed by atoms with Gasteiger partial charge in [-0.2, -0.15) is 0 Å². The molecular formula is C24H30ClN3O2. The minimum absolute atomic E-state index is 0. The second-order valence-electron chi connectivity index (χ2n) is 8.37. The standard InChI is InChI=1S/C24H29N3O2.ClH/c1-17(26-23(29)24-13-6-5-11-20(24)15-25-16-24)19-10-7-12-21(14-19)27-22(28)18-8-3-2-4-9-18;/h2-4,7-10,12,14,17,20,25H,5-6,11,13,15-16H2,1H3,(H,26,29)(H,27,28);1H/t17?,20-,24+;/m0./s1. The predicted octanol–water partition coefficient (Wildman–Crippen LogP) is 4.32. The van der Waals surface area contributed by atoms with Gasteiger partial charge in [0.2, 0.25) is 5.91 Å². The van der Waals surface area contributed by atoms with Crippen molar-refractivity contribution in [1.82, 2.24) is 10.6 Å². The van der Waals surface area contributed by atoms with Gasteiger partial charge in [0.15, 0.2) is 0 Å². The van der Waals surface area contributed by atoms with Crippen LogP contribution in [0.15, 0.2) is 54.6 Å². The summed E-state index contributed by atoms with van der Waals surface area (Å²) >= 11 is 0. The Morgan fingerprint density at radius 3 is 2.70 bits per heavy atom. The van der Waals surface area contributed by atoms with Crippen LogP contribution in [0.2, 0.25) is 0 Å². The quantitative estimate of drug-likeness (QED) is 0.665. The zero-order valence-electron chi connectivity index (χ0n) is 17.3. The van der Waals surface area contributed by atoms with E-state index in [1.807, 2.05) is 49.4 Å².